The van der Waals surface area contributed by atoms with Gasteiger partial charge in [-0.2, -0.15) is 0 Å². The largest absolute Gasteiger partial charge is 0.460 e. The average Bonchev–Trinajstić information content (AvgIpc) is 3.25. The lowest BCUT2D eigenvalue weighted by molar-refractivity contribution is -0.158. The van der Waals surface area contributed by atoms with E-state index in [-0.39, 0.29) is 32.2 Å². The number of hydrogen-bond acceptors (Lipinski definition) is 16. The fraction of sp³-hybridized carbons (Fsp3) is 0.765. The van der Waals surface area contributed by atoms with E-state index in [0.717, 1.165) is 25.7 Å². The van der Waals surface area contributed by atoms with E-state index in [0.29, 0.717) is 19.6 Å². The van der Waals surface area contributed by atoms with Crippen molar-refractivity contribution in [2.24, 2.45) is 5.92 Å². The van der Waals surface area contributed by atoms with Gasteiger partial charge in [0.1, 0.15) is 67.8 Å². The minimum Gasteiger partial charge on any atom is -0.460 e. The monoisotopic (exact) mass is 1030 g/mol. The van der Waals surface area contributed by atoms with Crippen LogP contribution in [0.4, 0.5) is 9.59 Å². The van der Waals surface area contributed by atoms with E-state index in [2.05, 4.69) is 23.8 Å². The lowest BCUT2D eigenvalue weighted by Gasteiger charge is -2.33. The number of amides is 5. The maximum absolute atomic E-state index is 13.4. The third-order valence-electron chi connectivity index (χ3n) is 9.10. The molecule has 418 valence electrons. The number of nitrogens with zero attached hydrogens (tertiary/aromatic N) is 3. The summed E-state index contributed by atoms with van der Waals surface area (Å²) in [6, 6.07) is -2.94. The van der Waals surface area contributed by atoms with Crippen molar-refractivity contribution in [3.63, 3.8) is 0 Å². The molecule has 0 aliphatic rings. The highest BCUT2D eigenvalue weighted by atomic mass is 16.6. The summed E-state index contributed by atoms with van der Waals surface area (Å²) in [6.07, 6.45) is 4.07. The van der Waals surface area contributed by atoms with Crippen molar-refractivity contribution in [1.29, 1.82) is 0 Å². The Labute approximate surface area is 430 Å². The molecule has 0 bridgehead atoms. The Morgan fingerprint density at radius 1 is 0.597 bits per heavy atom. The smallest absolute Gasteiger partial charge is 0.410 e. The SMILES string of the molecule is C=CCOC(=O)CN(C)C(=O)[C@@H](NC(=O)OC(C)(C)C)[C@@H](C)OCCCC.C=CCOC(=O)CN(C)C(=O)[C@@H](NC(=O)[C@H](CC(C)C)N(C)C(=O)OC(C)(C)C)[C@@H](C)OCCCC.CC(C)(C)OC(=O)CO. The van der Waals surface area contributed by atoms with Gasteiger partial charge in [0.25, 0.3) is 0 Å². The van der Waals surface area contributed by atoms with Gasteiger partial charge in [0.15, 0.2) is 0 Å². The first-order valence-electron chi connectivity index (χ1n) is 24.5. The van der Waals surface area contributed by atoms with Crippen molar-refractivity contribution in [1.82, 2.24) is 25.3 Å². The number of aliphatic hydroxyl groups excluding tert-OH is 1. The van der Waals surface area contributed by atoms with E-state index in [4.69, 9.17) is 38.3 Å². The fourth-order valence-corrected chi connectivity index (χ4v) is 5.60. The molecular formula is C51H93N5O16. The zero-order chi connectivity index (χ0) is 56.6. The van der Waals surface area contributed by atoms with Crippen LogP contribution in [0.5, 0.6) is 0 Å². The molecule has 5 amide bonds. The number of aliphatic hydroxyl groups is 1. The van der Waals surface area contributed by atoms with Crippen LogP contribution in [0.15, 0.2) is 25.3 Å². The normalized spacial score (nSPS) is 13.3. The second kappa shape index (κ2) is 36.6. The molecule has 0 radical (unpaired) electrons. The Morgan fingerprint density at radius 3 is 1.31 bits per heavy atom. The first kappa shape index (κ1) is 71.0. The molecule has 0 heterocycles. The van der Waals surface area contributed by atoms with Gasteiger partial charge in [-0.1, -0.05) is 65.8 Å². The number of esters is 3. The Balaban J connectivity index is -0.00000116. The van der Waals surface area contributed by atoms with Gasteiger partial charge in [-0.3, -0.25) is 28.9 Å². The third-order valence-corrected chi connectivity index (χ3v) is 9.10. The molecule has 0 aromatic carbocycles. The first-order valence-corrected chi connectivity index (χ1v) is 24.5. The van der Waals surface area contributed by atoms with E-state index < -0.39 is 102 Å². The quantitative estimate of drug-likeness (QED) is 0.0384. The Hall–Kier alpha value is -5.28. The highest BCUT2D eigenvalue weighted by Crippen LogP contribution is 2.17. The molecule has 0 spiro atoms. The highest BCUT2D eigenvalue weighted by molar-refractivity contribution is 5.93. The summed E-state index contributed by atoms with van der Waals surface area (Å²) in [4.78, 5) is 102. The third kappa shape index (κ3) is 35.8. The van der Waals surface area contributed by atoms with E-state index in [1.807, 2.05) is 27.7 Å². The van der Waals surface area contributed by atoms with E-state index in [9.17, 15) is 38.4 Å². The van der Waals surface area contributed by atoms with Gasteiger partial charge >= 0.3 is 30.1 Å². The van der Waals surface area contributed by atoms with Crippen molar-refractivity contribution in [3.05, 3.63) is 25.3 Å². The number of carbonyl (C=O) groups is 8. The molecule has 0 unspecified atom stereocenters. The standard InChI is InChI=1S/C26H47N3O7.C19H34N2O6.C6H12O3/c1-11-13-15-34-19(5)22(24(32)28(9)17-21(30)35-14-12-2)27-23(31)20(16-18(3)4)29(10)25(33)36-26(6,7)8;1-8-10-12-25-14(3)16(20-18(24)27-19(4,5)6)17(23)21(7)13-15(22)26-11-9-2;1-6(2,3)9-5(8)4-7/h12,18-20,22H,2,11,13-17H2,1,3-10H3,(H,27,31);9,14,16H,2,8,10-13H2,1,3-7H3,(H,20,24);7H,4H2,1-3H3/t19-,20+,22+;14-,16+;/m11./s1. The number of hydrogen-bond donors (Lipinski definition) is 3. The zero-order valence-corrected chi connectivity index (χ0v) is 46.9. The lowest BCUT2D eigenvalue weighted by Crippen LogP contribution is -2.58. The van der Waals surface area contributed by atoms with Crippen LogP contribution in [0, 0.1) is 5.92 Å². The Morgan fingerprint density at radius 2 is 0.986 bits per heavy atom. The van der Waals surface area contributed by atoms with Crippen LogP contribution in [-0.4, -0.2) is 182 Å². The number of rotatable bonds is 27. The van der Waals surface area contributed by atoms with Gasteiger partial charge in [-0.15, -0.1) is 0 Å². The molecule has 21 heteroatoms. The molecule has 0 saturated carbocycles. The van der Waals surface area contributed by atoms with Gasteiger partial charge < -0.3 is 58.7 Å². The molecule has 0 saturated heterocycles. The summed E-state index contributed by atoms with van der Waals surface area (Å²) in [5, 5.41) is 13.5. The molecule has 0 aliphatic heterocycles. The summed E-state index contributed by atoms with van der Waals surface area (Å²) >= 11 is 0. The molecule has 0 rings (SSSR count). The van der Waals surface area contributed by atoms with Crippen LogP contribution >= 0.6 is 0 Å². The molecule has 5 atom stereocenters. The van der Waals surface area contributed by atoms with Crippen molar-refractivity contribution < 1.29 is 76.6 Å². The van der Waals surface area contributed by atoms with Crippen molar-refractivity contribution in [2.75, 3.05) is 67.3 Å². The second-order valence-corrected chi connectivity index (χ2v) is 20.3. The minimum atomic E-state index is -1.08. The van der Waals surface area contributed by atoms with Gasteiger partial charge in [-0.05, 0) is 101 Å². The number of unbranched alkanes of at least 4 members (excludes halogenated alkanes) is 2. The predicted molar refractivity (Wildman–Crippen MR) is 273 cm³/mol. The summed E-state index contributed by atoms with van der Waals surface area (Å²) in [7, 11) is 4.41. The molecular weight excluding hydrogens is 939 g/mol. The zero-order valence-electron chi connectivity index (χ0n) is 46.9. The molecule has 0 aromatic rings. The van der Waals surface area contributed by atoms with Crippen LogP contribution in [0.25, 0.3) is 0 Å². The number of alkyl carbamates (subject to hydrolysis) is 1. The van der Waals surface area contributed by atoms with Gasteiger partial charge in [0.2, 0.25) is 17.7 Å². The van der Waals surface area contributed by atoms with E-state index in [1.165, 1.54) is 48.0 Å². The fourth-order valence-electron chi connectivity index (χ4n) is 5.60. The number of carbonyl (C=O) groups excluding carboxylic acids is 8. The predicted octanol–water partition coefficient (Wildman–Crippen LogP) is 5.74. The molecule has 3 N–H and O–H groups in total. The van der Waals surface area contributed by atoms with Crippen LogP contribution in [-0.2, 0) is 61.9 Å². The molecule has 0 fully saturated rings. The molecule has 0 aromatic heterocycles. The molecule has 0 aliphatic carbocycles. The summed E-state index contributed by atoms with van der Waals surface area (Å²) < 4.78 is 36.7. The summed E-state index contributed by atoms with van der Waals surface area (Å²) in [5.74, 6) is -3.16. The van der Waals surface area contributed by atoms with Crippen LogP contribution in [0.2, 0.25) is 0 Å². The lowest BCUT2D eigenvalue weighted by atomic mass is 10.0. The van der Waals surface area contributed by atoms with Crippen molar-refractivity contribution in [3.8, 4) is 0 Å². The van der Waals surface area contributed by atoms with E-state index >= 15 is 0 Å². The van der Waals surface area contributed by atoms with Crippen LogP contribution in [0.1, 0.15) is 136 Å². The topological polar surface area (TPSA) is 255 Å². The Kier molecular flexibility index (Phi) is 36.1. The van der Waals surface area contributed by atoms with E-state index in [1.54, 1.807) is 76.2 Å². The van der Waals surface area contributed by atoms with Crippen LogP contribution < -0.4 is 10.6 Å². The minimum absolute atomic E-state index is 0.0332. The van der Waals surface area contributed by atoms with Crippen molar-refractivity contribution in [2.45, 2.75) is 183 Å². The number of ether oxygens (including phenoxy) is 7. The molecule has 21 nitrogen and oxygen atoms in total. The van der Waals surface area contributed by atoms with Crippen molar-refractivity contribution >= 4 is 47.8 Å². The second-order valence-electron chi connectivity index (χ2n) is 20.3. The average molecular weight is 1030 g/mol. The molecule has 72 heavy (non-hydrogen) atoms. The van der Waals surface area contributed by atoms with Gasteiger partial charge in [0.05, 0.1) is 12.2 Å². The maximum atomic E-state index is 13.4. The van der Waals surface area contributed by atoms with Gasteiger partial charge in [0, 0.05) is 34.4 Å². The maximum Gasteiger partial charge on any atom is 0.410 e. The highest BCUT2D eigenvalue weighted by Gasteiger charge is 2.37. The van der Waals surface area contributed by atoms with Gasteiger partial charge in [-0.25, -0.2) is 14.4 Å². The number of nitrogens with one attached hydrogen (secondary N) is 2. The summed E-state index contributed by atoms with van der Waals surface area (Å²) in [6.45, 7) is 33.8. The summed E-state index contributed by atoms with van der Waals surface area (Å²) in [5.41, 5.74) is -1.92. The van der Waals surface area contributed by atoms with Crippen LogP contribution in [0.3, 0.4) is 0 Å². The first-order chi connectivity index (χ1) is 33.1. The Bertz CT molecular complexity index is 1670. The number of likely N-dealkylation sites (N-methyl/N-ethyl adjacent to an activating group) is 3.